The van der Waals surface area contributed by atoms with Crippen LogP contribution in [0.15, 0.2) is 36.7 Å². The molecule has 3 heterocycles. The molecule has 5 rings (SSSR count). The van der Waals surface area contributed by atoms with E-state index in [0.29, 0.717) is 62.7 Å². The van der Waals surface area contributed by atoms with Gasteiger partial charge >= 0.3 is 0 Å². The number of aromatic nitrogens is 2. The summed E-state index contributed by atoms with van der Waals surface area (Å²) in [5.41, 5.74) is 0.406. The molecule has 0 radical (unpaired) electrons. The number of hydrogen-bond donors (Lipinski definition) is 3. The summed E-state index contributed by atoms with van der Waals surface area (Å²) >= 11 is 0. The summed E-state index contributed by atoms with van der Waals surface area (Å²) in [5.74, 6) is -4.40. The maximum atomic E-state index is 15.6. The number of nitrogens with zero attached hydrogens (tertiary/aromatic N) is 4. The van der Waals surface area contributed by atoms with Gasteiger partial charge in [0.25, 0.3) is 5.91 Å². The van der Waals surface area contributed by atoms with Crippen LogP contribution < -0.4 is 20.4 Å². The minimum absolute atomic E-state index is 0.0822. The number of halogens is 3. The maximum Gasteiger partial charge on any atom is 0.258 e. The van der Waals surface area contributed by atoms with Crippen LogP contribution in [0.1, 0.15) is 24.2 Å². The van der Waals surface area contributed by atoms with Crippen molar-refractivity contribution in [3.05, 3.63) is 59.7 Å². The van der Waals surface area contributed by atoms with Crippen molar-refractivity contribution < 1.29 is 27.8 Å². The number of rotatable bonds is 5. The molecule has 12 heteroatoms. The Labute approximate surface area is 223 Å². The van der Waals surface area contributed by atoms with Crippen molar-refractivity contribution in [3.63, 3.8) is 0 Å². The van der Waals surface area contributed by atoms with Crippen LogP contribution in [0.4, 0.5) is 30.5 Å². The fourth-order valence-corrected chi connectivity index (χ4v) is 4.99. The van der Waals surface area contributed by atoms with Gasteiger partial charge in [-0.1, -0.05) is 0 Å². The molecule has 3 aromatic rings. The van der Waals surface area contributed by atoms with Crippen LogP contribution in [-0.4, -0.2) is 72.5 Å². The van der Waals surface area contributed by atoms with Crippen molar-refractivity contribution in [3.8, 4) is 16.9 Å². The van der Waals surface area contributed by atoms with Gasteiger partial charge in [-0.3, -0.25) is 4.79 Å². The number of ether oxygens (including phenoxy) is 1. The third-order valence-electron chi connectivity index (χ3n) is 6.73. The number of anilines is 3. The van der Waals surface area contributed by atoms with Crippen LogP contribution in [-0.2, 0) is 4.74 Å². The van der Waals surface area contributed by atoms with E-state index in [-0.39, 0.29) is 23.3 Å². The van der Waals surface area contributed by atoms with Crippen LogP contribution in [0.25, 0.3) is 11.1 Å². The zero-order chi connectivity index (χ0) is 27.7. The molecule has 1 unspecified atom stereocenters. The third-order valence-corrected chi connectivity index (χ3v) is 6.73. The summed E-state index contributed by atoms with van der Waals surface area (Å²) in [6.45, 7) is 7.46. The number of amides is 1. The number of phenols is 1. The molecule has 2 aliphatic heterocycles. The number of hydrogen-bond acceptors (Lipinski definition) is 8. The quantitative estimate of drug-likeness (QED) is 0.450. The number of aromatic hydroxyl groups is 1. The number of carbonyl (C=O) groups is 1. The first-order valence-electron chi connectivity index (χ1n) is 12.7. The van der Waals surface area contributed by atoms with Crippen LogP contribution in [0.2, 0.25) is 0 Å². The number of piperazine rings is 1. The van der Waals surface area contributed by atoms with E-state index in [1.54, 1.807) is 0 Å². The lowest BCUT2D eigenvalue weighted by Gasteiger charge is -2.38. The molecule has 9 nitrogen and oxygen atoms in total. The van der Waals surface area contributed by atoms with E-state index < -0.39 is 34.7 Å². The van der Waals surface area contributed by atoms with Gasteiger partial charge in [0, 0.05) is 67.8 Å². The molecule has 2 aromatic carbocycles. The molecule has 0 saturated carbocycles. The van der Waals surface area contributed by atoms with Crippen molar-refractivity contribution in [2.75, 3.05) is 54.5 Å². The minimum atomic E-state index is -1.40. The third kappa shape index (κ3) is 5.76. The van der Waals surface area contributed by atoms with Gasteiger partial charge in [-0.15, -0.1) is 0 Å². The largest absolute Gasteiger partial charge is 0.508 e. The topological polar surface area (TPSA) is 103 Å². The van der Waals surface area contributed by atoms with E-state index in [1.165, 1.54) is 24.5 Å². The van der Waals surface area contributed by atoms with Gasteiger partial charge < -0.3 is 30.3 Å². The van der Waals surface area contributed by atoms with Crippen molar-refractivity contribution in [1.29, 1.82) is 0 Å². The van der Waals surface area contributed by atoms with Gasteiger partial charge in [0.05, 0.1) is 30.2 Å². The summed E-state index contributed by atoms with van der Waals surface area (Å²) in [6.07, 6.45) is 3.00. The van der Waals surface area contributed by atoms with Gasteiger partial charge in [0.1, 0.15) is 11.6 Å². The summed E-state index contributed by atoms with van der Waals surface area (Å²) < 4.78 is 49.3. The molecule has 3 N–H and O–H groups in total. The predicted octanol–water partition coefficient (Wildman–Crippen LogP) is 3.54. The molecule has 0 bridgehead atoms. The summed E-state index contributed by atoms with van der Waals surface area (Å²) in [4.78, 5) is 25.7. The summed E-state index contributed by atoms with van der Waals surface area (Å²) in [5, 5.41) is 15.7. The van der Waals surface area contributed by atoms with Gasteiger partial charge in [-0.25, -0.2) is 23.1 Å². The molecule has 206 valence electrons. The lowest BCUT2D eigenvalue weighted by atomic mass is 10.0. The zero-order valence-corrected chi connectivity index (χ0v) is 21.5. The van der Waals surface area contributed by atoms with E-state index in [4.69, 9.17) is 4.74 Å². The van der Waals surface area contributed by atoms with Gasteiger partial charge in [-0.2, -0.15) is 0 Å². The zero-order valence-electron chi connectivity index (χ0n) is 21.5. The number of carbonyl (C=O) groups excluding carboxylic acids is 1. The van der Waals surface area contributed by atoms with Crippen molar-refractivity contribution in [1.82, 2.24) is 15.3 Å². The Hall–Kier alpha value is -3.90. The average Bonchev–Trinajstić information content (AvgIpc) is 2.91. The monoisotopic (exact) mass is 542 g/mol. The summed E-state index contributed by atoms with van der Waals surface area (Å²) in [6, 6.07) is 4.33. The minimum Gasteiger partial charge on any atom is -0.508 e. The molecule has 1 amide bonds. The van der Waals surface area contributed by atoms with E-state index in [2.05, 4.69) is 20.6 Å². The Balaban J connectivity index is 1.52. The molecule has 1 aromatic heterocycles. The molecular weight excluding hydrogens is 513 g/mol. The van der Waals surface area contributed by atoms with Gasteiger partial charge in [0.15, 0.2) is 11.6 Å². The number of nitrogens with one attached hydrogen (secondary N) is 2. The van der Waals surface area contributed by atoms with Crippen LogP contribution >= 0.6 is 0 Å². The number of morpholine rings is 1. The fraction of sp³-hybridized carbons (Fsp3) is 0.370. The molecule has 2 aliphatic rings. The molecule has 0 aliphatic carbocycles. The van der Waals surface area contributed by atoms with Gasteiger partial charge in [0.2, 0.25) is 5.95 Å². The SMILES string of the molecule is CC1CN(c2cc(F)c(-c3cnc(N4CCOCC4)nc3)cc2NC(=O)c2cc(O)cc(F)c2F)C[C@@H](C)N1. The van der Waals surface area contributed by atoms with Crippen LogP contribution in [0, 0.1) is 17.5 Å². The Kier molecular flexibility index (Phi) is 7.58. The van der Waals surface area contributed by atoms with Crippen molar-refractivity contribution in [2.45, 2.75) is 25.9 Å². The van der Waals surface area contributed by atoms with Crippen LogP contribution in [0.5, 0.6) is 5.75 Å². The normalized spacial score (nSPS) is 19.7. The number of benzene rings is 2. The Morgan fingerprint density at radius 2 is 1.67 bits per heavy atom. The second kappa shape index (κ2) is 11.1. The summed E-state index contributed by atoms with van der Waals surface area (Å²) in [7, 11) is 0. The smallest absolute Gasteiger partial charge is 0.258 e. The van der Waals surface area contributed by atoms with Crippen molar-refractivity contribution in [2.24, 2.45) is 0 Å². The second-order valence-corrected chi connectivity index (χ2v) is 9.84. The molecule has 2 fully saturated rings. The Morgan fingerprint density at radius 1 is 1.00 bits per heavy atom. The number of phenolic OH excluding ortho intramolecular Hbond substituents is 1. The molecular formula is C27H29F3N6O3. The highest BCUT2D eigenvalue weighted by Gasteiger charge is 2.26. The molecule has 0 spiro atoms. The highest BCUT2D eigenvalue weighted by molar-refractivity contribution is 6.07. The molecule has 2 atom stereocenters. The Bertz CT molecular complexity index is 1360. The predicted molar refractivity (Wildman–Crippen MR) is 141 cm³/mol. The average molecular weight is 543 g/mol. The van der Waals surface area contributed by atoms with E-state index in [1.807, 2.05) is 23.6 Å². The fourth-order valence-electron chi connectivity index (χ4n) is 4.99. The van der Waals surface area contributed by atoms with E-state index in [9.17, 15) is 18.7 Å². The standard InChI is InChI=1S/C27H29F3N6O3/c1-15-13-36(14-16(2)33-15)24-10-21(28)19(17-11-31-27(32-12-17)35-3-5-39-6-4-35)9-23(24)34-26(38)20-7-18(37)8-22(29)25(20)30/h7-12,15-16,33,37H,3-6,13-14H2,1-2H3,(H,34,38)/t15-,16?/m1/s1. The molecule has 2 saturated heterocycles. The van der Waals surface area contributed by atoms with Crippen molar-refractivity contribution >= 4 is 23.2 Å². The first-order chi connectivity index (χ1) is 18.7. The van der Waals surface area contributed by atoms with Crippen LogP contribution in [0.3, 0.4) is 0 Å². The van der Waals surface area contributed by atoms with Gasteiger partial charge in [-0.05, 0) is 32.0 Å². The highest BCUT2D eigenvalue weighted by atomic mass is 19.2. The highest BCUT2D eigenvalue weighted by Crippen LogP contribution is 2.36. The lowest BCUT2D eigenvalue weighted by molar-refractivity contribution is 0.102. The van der Waals surface area contributed by atoms with E-state index in [0.717, 1.165) is 6.07 Å². The first kappa shape index (κ1) is 26.7. The maximum absolute atomic E-state index is 15.6. The molecule has 39 heavy (non-hydrogen) atoms. The second-order valence-electron chi connectivity index (χ2n) is 9.84. The lowest BCUT2D eigenvalue weighted by Crippen LogP contribution is -2.54. The first-order valence-corrected chi connectivity index (χ1v) is 12.7. The van der Waals surface area contributed by atoms with E-state index >= 15 is 4.39 Å². The Morgan fingerprint density at radius 3 is 2.33 bits per heavy atom.